The van der Waals surface area contributed by atoms with E-state index >= 15 is 0 Å². The Morgan fingerprint density at radius 1 is 1.11 bits per heavy atom. The molecule has 1 aliphatic carbocycles. The number of alkyl halides is 3. The molecule has 1 atom stereocenters. The molecule has 1 saturated carbocycles. The first-order chi connectivity index (χ1) is 16.7. The number of aromatic amines is 1. The van der Waals surface area contributed by atoms with Gasteiger partial charge < -0.3 is 14.6 Å². The van der Waals surface area contributed by atoms with Crippen molar-refractivity contribution in [2.24, 2.45) is 5.92 Å². The number of hydrogen-bond donors (Lipinski definition) is 1. The van der Waals surface area contributed by atoms with Crippen LogP contribution in [-0.2, 0) is 16.1 Å². The van der Waals surface area contributed by atoms with E-state index in [2.05, 4.69) is 9.88 Å². The second-order valence-corrected chi connectivity index (χ2v) is 9.68. The molecule has 190 valence electrons. The van der Waals surface area contributed by atoms with Gasteiger partial charge in [-0.25, -0.2) is 0 Å². The predicted octanol–water partition coefficient (Wildman–Crippen LogP) is 4.21. The SMILES string of the molecule is COC[C@H](CC(F)(F)F)C(=O)N1CCN(Cc2ccc(-c3ccccc3)[nH]c2=O)C2(CCCC2)C1. The lowest BCUT2D eigenvalue weighted by Crippen LogP contribution is -2.62. The molecule has 1 aromatic heterocycles. The van der Waals surface area contributed by atoms with Crippen LogP contribution in [-0.4, -0.2) is 65.8 Å². The lowest BCUT2D eigenvalue weighted by Gasteiger charge is -2.50. The Balaban J connectivity index is 1.50. The number of rotatable bonds is 7. The average molecular weight is 492 g/mol. The number of amides is 1. The Kier molecular flexibility index (Phi) is 7.66. The van der Waals surface area contributed by atoms with Crippen LogP contribution in [0.25, 0.3) is 11.3 Å². The Morgan fingerprint density at radius 3 is 2.46 bits per heavy atom. The Morgan fingerprint density at radius 2 is 1.83 bits per heavy atom. The number of H-pyrrole nitrogens is 1. The van der Waals surface area contributed by atoms with Crippen LogP contribution in [0.4, 0.5) is 13.2 Å². The number of pyridine rings is 1. The number of carbonyl (C=O) groups is 1. The molecule has 0 unspecified atom stereocenters. The molecule has 1 N–H and O–H groups in total. The van der Waals surface area contributed by atoms with E-state index in [1.807, 2.05) is 42.5 Å². The van der Waals surface area contributed by atoms with Crippen molar-refractivity contribution in [2.75, 3.05) is 33.4 Å². The summed E-state index contributed by atoms with van der Waals surface area (Å²) in [5.41, 5.74) is 1.85. The van der Waals surface area contributed by atoms with Crippen molar-refractivity contribution in [2.45, 2.75) is 50.4 Å². The molecular weight excluding hydrogens is 459 g/mol. The molecule has 6 nitrogen and oxygen atoms in total. The van der Waals surface area contributed by atoms with Gasteiger partial charge in [0.15, 0.2) is 0 Å². The van der Waals surface area contributed by atoms with Crippen LogP contribution in [0.1, 0.15) is 37.7 Å². The lowest BCUT2D eigenvalue weighted by molar-refractivity contribution is -0.166. The van der Waals surface area contributed by atoms with Crippen LogP contribution in [0.3, 0.4) is 0 Å². The number of nitrogens with zero attached hydrogens (tertiary/aromatic N) is 2. The fourth-order valence-electron chi connectivity index (χ4n) is 5.53. The van der Waals surface area contributed by atoms with Gasteiger partial charge in [0.25, 0.3) is 5.56 Å². The topological polar surface area (TPSA) is 65.6 Å². The summed E-state index contributed by atoms with van der Waals surface area (Å²) in [6.07, 6.45) is -1.93. The van der Waals surface area contributed by atoms with Gasteiger partial charge in [-0.3, -0.25) is 14.5 Å². The van der Waals surface area contributed by atoms with Crippen molar-refractivity contribution in [3.8, 4) is 11.3 Å². The normalized spacial score (nSPS) is 19.3. The quantitative estimate of drug-likeness (QED) is 0.630. The summed E-state index contributed by atoms with van der Waals surface area (Å²) >= 11 is 0. The van der Waals surface area contributed by atoms with E-state index in [-0.39, 0.29) is 17.7 Å². The molecule has 1 amide bonds. The van der Waals surface area contributed by atoms with Gasteiger partial charge >= 0.3 is 6.18 Å². The van der Waals surface area contributed by atoms with Gasteiger partial charge in [0.1, 0.15) is 0 Å². The van der Waals surface area contributed by atoms with Crippen molar-refractivity contribution < 1.29 is 22.7 Å². The number of ether oxygens (including phenoxy) is 1. The second-order valence-electron chi connectivity index (χ2n) is 9.68. The minimum Gasteiger partial charge on any atom is -0.384 e. The van der Waals surface area contributed by atoms with Crippen molar-refractivity contribution >= 4 is 5.91 Å². The maximum absolute atomic E-state index is 13.1. The van der Waals surface area contributed by atoms with Crippen molar-refractivity contribution in [3.63, 3.8) is 0 Å². The summed E-state index contributed by atoms with van der Waals surface area (Å²) in [5, 5.41) is 0. The van der Waals surface area contributed by atoms with E-state index in [0.717, 1.165) is 36.9 Å². The second kappa shape index (κ2) is 10.5. The number of halogens is 3. The predicted molar refractivity (Wildman–Crippen MR) is 127 cm³/mol. The molecular formula is C26H32F3N3O3. The maximum Gasteiger partial charge on any atom is 0.389 e. The molecule has 0 radical (unpaired) electrons. The molecule has 2 heterocycles. The Labute approximate surface area is 203 Å². The highest BCUT2D eigenvalue weighted by atomic mass is 19.4. The zero-order valence-electron chi connectivity index (χ0n) is 19.9. The standard InChI is InChI=1S/C26H32F3N3O3/c1-35-17-21(15-26(27,28)29)24(34)31-13-14-32(25(18-31)11-5-6-12-25)16-20-9-10-22(30-23(20)33)19-7-3-2-4-8-19/h2-4,7-10,21H,5-6,11-18H2,1H3,(H,30,33)/t21-/m0/s1. The summed E-state index contributed by atoms with van der Waals surface area (Å²) in [7, 11) is 1.31. The first kappa shape index (κ1) is 25.4. The molecule has 1 saturated heterocycles. The van der Waals surface area contributed by atoms with Gasteiger partial charge in [0.2, 0.25) is 5.91 Å². The molecule has 35 heavy (non-hydrogen) atoms. The van der Waals surface area contributed by atoms with Gasteiger partial charge in [-0.15, -0.1) is 0 Å². The number of nitrogens with one attached hydrogen (secondary N) is 1. The Bertz CT molecular complexity index is 1060. The zero-order valence-corrected chi connectivity index (χ0v) is 19.9. The van der Waals surface area contributed by atoms with E-state index in [0.29, 0.717) is 31.7 Å². The van der Waals surface area contributed by atoms with E-state index in [9.17, 15) is 22.8 Å². The molecule has 2 aliphatic rings. The maximum atomic E-state index is 13.1. The number of aromatic nitrogens is 1. The Hall–Kier alpha value is -2.65. The summed E-state index contributed by atoms with van der Waals surface area (Å²) in [6.45, 7) is 1.41. The number of benzene rings is 1. The van der Waals surface area contributed by atoms with Gasteiger partial charge in [0, 0.05) is 50.1 Å². The minimum absolute atomic E-state index is 0.150. The molecule has 2 aromatic rings. The van der Waals surface area contributed by atoms with Gasteiger partial charge in [-0.1, -0.05) is 49.2 Å². The molecule has 1 aliphatic heterocycles. The van der Waals surface area contributed by atoms with Crippen LogP contribution >= 0.6 is 0 Å². The van der Waals surface area contributed by atoms with E-state index in [1.165, 1.54) is 7.11 Å². The third kappa shape index (κ3) is 5.95. The number of carbonyl (C=O) groups excluding carboxylic acids is 1. The van der Waals surface area contributed by atoms with Crippen molar-refractivity contribution in [3.05, 3.63) is 58.4 Å². The van der Waals surface area contributed by atoms with Crippen LogP contribution in [0, 0.1) is 5.92 Å². The summed E-state index contributed by atoms with van der Waals surface area (Å²) in [6, 6.07) is 13.4. The molecule has 9 heteroatoms. The molecule has 2 fully saturated rings. The van der Waals surface area contributed by atoms with Crippen molar-refractivity contribution in [1.82, 2.24) is 14.8 Å². The number of methoxy groups -OCH3 is 1. The number of hydrogen-bond acceptors (Lipinski definition) is 4. The molecule has 4 rings (SSSR count). The largest absolute Gasteiger partial charge is 0.389 e. The van der Waals surface area contributed by atoms with Crippen molar-refractivity contribution in [1.29, 1.82) is 0 Å². The first-order valence-corrected chi connectivity index (χ1v) is 12.1. The third-order valence-corrected chi connectivity index (χ3v) is 7.27. The minimum atomic E-state index is -4.43. The monoisotopic (exact) mass is 491 g/mol. The van der Waals surface area contributed by atoms with Gasteiger partial charge in [0.05, 0.1) is 18.9 Å². The smallest absolute Gasteiger partial charge is 0.384 e. The van der Waals surface area contributed by atoms with E-state index in [4.69, 9.17) is 4.74 Å². The van der Waals surface area contributed by atoms with Gasteiger partial charge in [-0.2, -0.15) is 13.2 Å². The van der Waals surface area contributed by atoms with Crippen LogP contribution in [0.2, 0.25) is 0 Å². The van der Waals surface area contributed by atoms with Crippen LogP contribution < -0.4 is 5.56 Å². The number of piperazine rings is 1. The van der Waals surface area contributed by atoms with Gasteiger partial charge in [-0.05, 0) is 24.5 Å². The van der Waals surface area contributed by atoms with Crippen LogP contribution in [0.5, 0.6) is 0 Å². The highest BCUT2D eigenvalue weighted by molar-refractivity contribution is 5.79. The molecule has 0 bridgehead atoms. The highest BCUT2D eigenvalue weighted by Crippen LogP contribution is 2.39. The summed E-state index contributed by atoms with van der Waals surface area (Å²) in [4.78, 5) is 32.8. The third-order valence-electron chi connectivity index (χ3n) is 7.27. The fraction of sp³-hybridized carbons (Fsp3) is 0.538. The van der Waals surface area contributed by atoms with E-state index in [1.54, 1.807) is 4.90 Å². The first-order valence-electron chi connectivity index (χ1n) is 12.1. The van der Waals surface area contributed by atoms with Crippen LogP contribution in [0.15, 0.2) is 47.3 Å². The fourth-order valence-corrected chi connectivity index (χ4v) is 5.53. The molecule has 1 aromatic carbocycles. The lowest BCUT2D eigenvalue weighted by atomic mass is 9.90. The summed E-state index contributed by atoms with van der Waals surface area (Å²) < 4.78 is 44.1. The summed E-state index contributed by atoms with van der Waals surface area (Å²) in [5.74, 6) is -1.74. The average Bonchev–Trinajstić information content (AvgIpc) is 3.29. The highest BCUT2D eigenvalue weighted by Gasteiger charge is 2.46. The zero-order chi connectivity index (χ0) is 25.1. The van der Waals surface area contributed by atoms with E-state index < -0.39 is 24.4 Å². The molecule has 1 spiro atoms.